The number of benzene rings is 2. The SMILES string of the molecule is CCC1CCC(C)(C(NC(=O)c2cccc(C(F)(F)F)c2C)c2ccccc2)N(C)C1. The Morgan fingerprint density at radius 2 is 1.87 bits per heavy atom. The van der Waals surface area contributed by atoms with Crippen LogP contribution in [0.25, 0.3) is 0 Å². The van der Waals surface area contributed by atoms with Crippen molar-refractivity contribution in [2.75, 3.05) is 13.6 Å². The monoisotopic (exact) mass is 432 g/mol. The molecule has 2 aromatic rings. The lowest BCUT2D eigenvalue weighted by molar-refractivity contribution is -0.138. The maximum atomic E-state index is 13.4. The lowest BCUT2D eigenvalue weighted by Gasteiger charge is -2.50. The van der Waals surface area contributed by atoms with Gasteiger partial charge in [0, 0.05) is 17.6 Å². The minimum absolute atomic E-state index is 0.0486. The summed E-state index contributed by atoms with van der Waals surface area (Å²) in [6.45, 7) is 6.61. The molecule has 0 bridgehead atoms. The molecule has 6 heteroatoms. The minimum atomic E-state index is -4.50. The minimum Gasteiger partial charge on any atom is -0.343 e. The first kappa shape index (κ1) is 23.3. The predicted molar refractivity (Wildman–Crippen MR) is 117 cm³/mol. The molecular weight excluding hydrogens is 401 g/mol. The molecule has 31 heavy (non-hydrogen) atoms. The van der Waals surface area contributed by atoms with Crippen LogP contribution in [0.4, 0.5) is 13.2 Å². The molecular formula is C25H31F3N2O. The average molecular weight is 433 g/mol. The highest BCUT2D eigenvalue weighted by molar-refractivity contribution is 5.96. The number of likely N-dealkylation sites (tertiary alicyclic amines) is 1. The van der Waals surface area contributed by atoms with E-state index in [2.05, 4.69) is 31.1 Å². The lowest BCUT2D eigenvalue weighted by Crippen LogP contribution is -2.57. The van der Waals surface area contributed by atoms with Crippen LogP contribution < -0.4 is 5.32 Å². The molecule has 0 radical (unpaired) electrons. The Morgan fingerprint density at radius 1 is 1.19 bits per heavy atom. The molecule has 0 aliphatic carbocycles. The lowest BCUT2D eigenvalue weighted by atomic mass is 9.75. The molecule has 3 atom stereocenters. The number of halogens is 3. The fourth-order valence-electron chi connectivity index (χ4n) is 4.71. The van der Waals surface area contributed by atoms with Gasteiger partial charge in [-0.2, -0.15) is 13.2 Å². The van der Waals surface area contributed by atoms with E-state index in [0.717, 1.165) is 37.4 Å². The molecule has 1 aliphatic rings. The summed E-state index contributed by atoms with van der Waals surface area (Å²) in [5.74, 6) is 0.126. The second-order valence-corrected chi connectivity index (χ2v) is 8.84. The number of piperidine rings is 1. The van der Waals surface area contributed by atoms with Crippen LogP contribution >= 0.6 is 0 Å². The van der Waals surface area contributed by atoms with E-state index in [1.54, 1.807) is 0 Å². The van der Waals surface area contributed by atoms with Gasteiger partial charge in [0.25, 0.3) is 5.91 Å². The largest absolute Gasteiger partial charge is 0.416 e. The Morgan fingerprint density at radius 3 is 2.45 bits per heavy atom. The van der Waals surface area contributed by atoms with Crippen LogP contribution in [-0.2, 0) is 6.18 Å². The second-order valence-electron chi connectivity index (χ2n) is 8.84. The van der Waals surface area contributed by atoms with Crippen LogP contribution in [0.5, 0.6) is 0 Å². The van der Waals surface area contributed by atoms with Crippen molar-refractivity contribution in [1.82, 2.24) is 10.2 Å². The molecule has 0 spiro atoms. The molecule has 3 unspecified atom stereocenters. The van der Waals surface area contributed by atoms with E-state index in [0.29, 0.717) is 5.92 Å². The molecule has 1 fully saturated rings. The normalized spacial score (nSPS) is 23.4. The van der Waals surface area contributed by atoms with Crippen molar-refractivity contribution in [2.24, 2.45) is 5.92 Å². The number of rotatable bonds is 5. The van der Waals surface area contributed by atoms with Crippen LogP contribution in [0.15, 0.2) is 48.5 Å². The summed E-state index contributed by atoms with van der Waals surface area (Å²) in [5.41, 5.74) is -0.164. The molecule has 0 saturated carbocycles. The van der Waals surface area contributed by atoms with E-state index in [1.165, 1.54) is 19.1 Å². The number of likely N-dealkylation sites (N-methyl/N-ethyl adjacent to an activating group) is 1. The Labute approximate surface area is 182 Å². The van der Waals surface area contributed by atoms with Crippen molar-refractivity contribution >= 4 is 5.91 Å². The standard InChI is InChI=1S/C25H31F3N2O/c1-5-18-14-15-24(3,30(4)16-18)22(19-10-7-6-8-11-19)29-23(31)20-12-9-13-21(17(20)2)25(26,27)28/h6-13,18,22H,5,14-16H2,1-4H3,(H,29,31). The molecule has 3 rings (SSSR count). The third-order valence-electron chi connectivity index (χ3n) is 6.95. The zero-order chi connectivity index (χ0) is 22.8. The third-order valence-corrected chi connectivity index (χ3v) is 6.95. The quantitative estimate of drug-likeness (QED) is 0.629. The topological polar surface area (TPSA) is 32.3 Å². The number of nitrogens with one attached hydrogen (secondary N) is 1. The fourth-order valence-corrected chi connectivity index (χ4v) is 4.71. The smallest absolute Gasteiger partial charge is 0.343 e. The van der Waals surface area contributed by atoms with Gasteiger partial charge in [0.2, 0.25) is 0 Å². The summed E-state index contributed by atoms with van der Waals surface area (Å²) in [6, 6.07) is 13.1. The van der Waals surface area contributed by atoms with Gasteiger partial charge in [0.15, 0.2) is 0 Å². The Bertz CT molecular complexity index is 913. The first-order valence-electron chi connectivity index (χ1n) is 10.8. The van der Waals surface area contributed by atoms with Gasteiger partial charge in [-0.3, -0.25) is 9.69 Å². The van der Waals surface area contributed by atoms with E-state index >= 15 is 0 Å². The van der Waals surface area contributed by atoms with Gasteiger partial charge in [-0.1, -0.05) is 49.7 Å². The summed E-state index contributed by atoms with van der Waals surface area (Å²) in [7, 11) is 2.07. The molecule has 1 heterocycles. The summed E-state index contributed by atoms with van der Waals surface area (Å²) >= 11 is 0. The van der Waals surface area contributed by atoms with Crippen LogP contribution in [-0.4, -0.2) is 29.9 Å². The zero-order valence-electron chi connectivity index (χ0n) is 18.6. The van der Waals surface area contributed by atoms with Gasteiger partial charge >= 0.3 is 6.18 Å². The Balaban J connectivity index is 1.97. The molecule has 0 aromatic heterocycles. The Hall–Kier alpha value is -2.34. The number of alkyl halides is 3. The van der Waals surface area contributed by atoms with Gasteiger partial charge in [-0.25, -0.2) is 0 Å². The fraction of sp³-hybridized carbons (Fsp3) is 0.480. The first-order chi connectivity index (χ1) is 14.6. The molecule has 1 aliphatic heterocycles. The van der Waals surface area contributed by atoms with Gasteiger partial charge < -0.3 is 5.32 Å². The number of carbonyl (C=O) groups is 1. The maximum absolute atomic E-state index is 13.4. The molecule has 3 nitrogen and oxygen atoms in total. The van der Waals surface area contributed by atoms with Crippen LogP contribution in [0.1, 0.15) is 66.2 Å². The van der Waals surface area contributed by atoms with Crippen molar-refractivity contribution in [3.63, 3.8) is 0 Å². The van der Waals surface area contributed by atoms with Crippen LogP contribution in [0.2, 0.25) is 0 Å². The maximum Gasteiger partial charge on any atom is 0.416 e. The van der Waals surface area contributed by atoms with Gasteiger partial charge in [-0.05, 0) is 62.9 Å². The molecule has 168 valence electrons. The van der Waals surface area contributed by atoms with E-state index in [-0.39, 0.29) is 22.7 Å². The number of hydrogen-bond donors (Lipinski definition) is 1. The van der Waals surface area contributed by atoms with Crippen molar-refractivity contribution in [3.05, 3.63) is 70.8 Å². The van der Waals surface area contributed by atoms with E-state index in [9.17, 15) is 18.0 Å². The molecule has 1 N–H and O–H groups in total. The molecule has 1 amide bonds. The van der Waals surface area contributed by atoms with Gasteiger partial charge in [0.1, 0.15) is 0 Å². The number of hydrogen-bond acceptors (Lipinski definition) is 2. The number of amides is 1. The summed E-state index contributed by atoms with van der Waals surface area (Å²) in [6.07, 6.45) is -1.45. The number of carbonyl (C=O) groups excluding carboxylic acids is 1. The van der Waals surface area contributed by atoms with Crippen molar-refractivity contribution in [3.8, 4) is 0 Å². The molecule has 1 saturated heterocycles. The third kappa shape index (κ3) is 4.79. The van der Waals surface area contributed by atoms with Crippen molar-refractivity contribution < 1.29 is 18.0 Å². The van der Waals surface area contributed by atoms with E-state index in [4.69, 9.17) is 0 Å². The summed E-state index contributed by atoms with van der Waals surface area (Å²) in [5, 5.41) is 3.09. The van der Waals surface area contributed by atoms with Gasteiger partial charge in [0.05, 0.1) is 11.6 Å². The summed E-state index contributed by atoms with van der Waals surface area (Å²) in [4.78, 5) is 15.5. The van der Waals surface area contributed by atoms with Crippen LogP contribution in [0, 0.1) is 12.8 Å². The average Bonchev–Trinajstić information content (AvgIpc) is 2.73. The molecule has 2 aromatic carbocycles. The summed E-state index contributed by atoms with van der Waals surface area (Å²) < 4.78 is 40.1. The Kier molecular flexibility index (Phi) is 6.79. The van der Waals surface area contributed by atoms with Gasteiger partial charge in [-0.15, -0.1) is 0 Å². The zero-order valence-corrected chi connectivity index (χ0v) is 18.6. The first-order valence-corrected chi connectivity index (χ1v) is 10.8. The highest BCUT2D eigenvalue weighted by atomic mass is 19.4. The second kappa shape index (κ2) is 9.03. The van der Waals surface area contributed by atoms with Crippen molar-refractivity contribution in [2.45, 2.75) is 57.8 Å². The van der Waals surface area contributed by atoms with Crippen LogP contribution in [0.3, 0.4) is 0 Å². The van der Waals surface area contributed by atoms with E-state index in [1.807, 2.05) is 30.3 Å². The number of nitrogens with zero attached hydrogens (tertiary/aromatic N) is 1. The predicted octanol–water partition coefficient (Wildman–Crippen LogP) is 6.00. The van der Waals surface area contributed by atoms with E-state index < -0.39 is 17.6 Å². The highest BCUT2D eigenvalue weighted by Gasteiger charge is 2.43. The highest BCUT2D eigenvalue weighted by Crippen LogP contribution is 2.40. The van der Waals surface area contributed by atoms with Crippen molar-refractivity contribution in [1.29, 1.82) is 0 Å².